The van der Waals surface area contributed by atoms with Crippen molar-refractivity contribution < 1.29 is 14.3 Å². The lowest BCUT2D eigenvalue weighted by molar-refractivity contribution is -0.149. The molecule has 94 valence electrons. The van der Waals surface area contributed by atoms with Crippen molar-refractivity contribution in [1.82, 2.24) is 4.90 Å². The molecule has 1 N–H and O–H groups in total. The third-order valence-corrected chi connectivity index (χ3v) is 3.43. The predicted molar refractivity (Wildman–Crippen MR) is 65.5 cm³/mol. The van der Waals surface area contributed by atoms with E-state index in [1.165, 1.54) is 4.90 Å². The van der Waals surface area contributed by atoms with Crippen molar-refractivity contribution in [3.63, 3.8) is 0 Å². The van der Waals surface area contributed by atoms with Crippen LogP contribution in [0.2, 0.25) is 5.02 Å². The molecule has 6 heteroatoms. The number of esters is 1. The number of carbonyl (C=O) groups excluding carboxylic acids is 2. The summed E-state index contributed by atoms with van der Waals surface area (Å²) in [6, 6.07) is 6.12. The Kier molecular flexibility index (Phi) is 2.63. The largest absolute Gasteiger partial charge is 0.459 e. The Labute approximate surface area is 109 Å². The van der Waals surface area contributed by atoms with Gasteiger partial charge in [0.1, 0.15) is 12.1 Å². The first kappa shape index (κ1) is 11.3. The van der Waals surface area contributed by atoms with Crippen LogP contribution in [0.25, 0.3) is 0 Å². The minimum absolute atomic E-state index is 0.140. The average Bonchev–Trinajstić information content (AvgIpc) is 2.90. The molecule has 3 rings (SSSR count). The molecule has 0 aliphatic carbocycles. The molecule has 2 amide bonds. The highest BCUT2D eigenvalue weighted by Gasteiger charge is 2.48. The van der Waals surface area contributed by atoms with E-state index in [2.05, 4.69) is 5.32 Å². The molecule has 0 spiro atoms. The van der Waals surface area contributed by atoms with Crippen molar-refractivity contribution in [1.29, 1.82) is 0 Å². The highest BCUT2D eigenvalue weighted by Crippen LogP contribution is 2.29. The van der Waals surface area contributed by atoms with Crippen LogP contribution in [0.3, 0.4) is 0 Å². The molecule has 2 aliphatic rings. The number of amides is 2. The van der Waals surface area contributed by atoms with Crippen LogP contribution in [0.15, 0.2) is 24.3 Å². The van der Waals surface area contributed by atoms with E-state index in [4.69, 9.17) is 16.3 Å². The zero-order chi connectivity index (χ0) is 12.7. The summed E-state index contributed by atoms with van der Waals surface area (Å²) in [7, 11) is 0. The fourth-order valence-electron chi connectivity index (χ4n) is 2.30. The number of morpholine rings is 1. The first-order chi connectivity index (χ1) is 8.63. The Morgan fingerprint density at radius 3 is 2.72 bits per heavy atom. The highest BCUT2D eigenvalue weighted by molar-refractivity contribution is 6.30. The van der Waals surface area contributed by atoms with Crippen molar-refractivity contribution in [3.05, 3.63) is 29.3 Å². The van der Waals surface area contributed by atoms with Gasteiger partial charge in [0.15, 0.2) is 0 Å². The Hall–Kier alpha value is -1.75. The number of ether oxygens (including phenoxy) is 1. The maximum Gasteiger partial charge on any atom is 0.329 e. The molecule has 2 heterocycles. The van der Waals surface area contributed by atoms with Gasteiger partial charge in [-0.1, -0.05) is 11.6 Å². The van der Waals surface area contributed by atoms with Gasteiger partial charge in [-0.3, -0.25) is 0 Å². The van der Waals surface area contributed by atoms with Crippen LogP contribution >= 0.6 is 11.6 Å². The Morgan fingerprint density at radius 2 is 2.11 bits per heavy atom. The topological polar surface area (TPSA) is 58.6 Å². The van der Waals surface area contributed by atoms with Crippen LogP contribution in [-0.4, -0.2) is 35.6 Å². The number of likely N-dealkylation sites (tertiary alicyclic amines) is 1. The molecule has 0 aromatic heterocycles. The van der Waals surface area contributed by atoms with Crippen molar-refractivity contribution in [2.75, 3.05) is 11.9 Å². The van der Waals surface area contributed by atoms with Crippen molar-refractivity contribution in [3.8, 4) is 0 Å². The van der Waals surface area contributed by atoms with Crippen molar-refractivity contribution >= 4 is 29.3 Å². The summed E-state index contributed by atoms with van der Waals surface area (Å²) < 4.78 is 5.03. The number of hydrogen-bond donors (Lipinski definition) is 1. The van der Waals surface area contributed by atoms with Gasteiger partial charge in [-0.2, -0.15) is 0 Å². The van der Waals surface area contributed by atoms with Gasteiger partial charge in [-0.05, 0) is 24.3 Å². The minimum atomic E-state index is -0.428. The summed E-state index contributed by atoms with van der Waals surface area (Å²) >= 11 is 5.76. The number of hydrogen-bond acceptors (Lipinski definition) is 3. The fraction of sp³-hybridized carbons (Fsp3) is 0.333. The third kappa shape index (κ3) is 1.90. The lowest BCUT2D eigenvalue weighted by atomic mass is 10.2. The Morgan fingerprint density at radius 1 is 1.39 bits per heavy atom. The molecular formula is C12H11ClN2O3. The van der Waals surface area contributed by atoms with E-state index in [9.17, 15) is 9.59 Å². The number of urea groups is 1. The molecule has 0 saturated carbocycles. The monoisotopic (exact) mass is 266 g/mol. The first-order valence-electron chi connectivity index (χ1n) is 5.67. The predicted octanol–water partition coefficient (Wildman–Crippen LogP) is 1.87. The average molecular weight is 267 g/mol. The van der Waals surface area contributed by atoms with Crippen LogP contribution in [0.5, 0.6) is 0 Å². The molecule has 1 aromatic carbocycles. The van der Waals surface area contributed by atoms with Gasteiger partial charge in [0, 0.05) is 17.1 Å². The van der Waals surface area contributed by atoms with Crippen LogP contribution in [0, 0.1) is 0 Å². The van der Waals surface area contributed by atoms with E-state index in [0.29, 0.717) is 23.7 Å². The van der Waals surface area contributed by atoms with Gasteiger partial charge in [0.2, 0.25) is 0 Å². The summed E-state index contributed by atoms with van der Waals surface area (Å²) in [6.45, 7) is 0.468. The van der Waals surface area contributed by atoms with E-state index < -0.39 is 6.04 Å². The van der Waals surface area contributed by atoms with Crippen molar-refractivity contribution in [2.45, 2.75) is 18.6 Å². The molecule has 2 aliphatic heterocycles. The molecule has 2 saturated heterocycles. The second kappa shape index (κ2) is 4.17. The molecule has 1 aromatic rings. The van der Waals surface area contributed by atoms with Gasteiger partial charge in [-0.25, -0.2) is 9.59 Å². The summed E-state index contributed by atoms with van der Waals surface area (Å²) in [5.41, 5.74) is 0.653. The lowest BCUT2D eigenvalue weighted by Crippen LogP contribution is -2.46. The van der Waals surface area contributed by atoms with Gasteiger partial charge in [-0.15, -0.1) is 0 Å². The minimum Gasteiger partial charge on any atom is -0.459 e. The van der Waals surface area contributed by atoms with Gasteiger partial charge < -0.3 is 15.0 Å². The van der Waals surface area contributed by atoms with E-state index in [1.807, 2.05) is 0 Å². The zero-order valence-electron chi connectivity index (χ0n) is 9.43. The summed E-state index contributed by atoms with van der Waals surface area (Å²) in [4.78, 5) is 24.9. The molecule has 2 unspecified atom stereocenters. The second-order valence-electron chi connectivity index (χ2n) is 4.40. The Bertz CT molecular complexity index is 503. The highest BCUT2D eigenvalue weighted by atomic mass is 35.5. The Balaban J connectivity index is 1.69. The van der Waals surface area contributed by atoms with E-state index in [1.54, 1.807) is 24.3 Å². The third-order valence-electron chi connectivity index (χ3n) is 3.17. The van der Waals surface area contributed by atoms with Crippen LogP contribution in [0.4, 0.5) is 10.5 Å². The SMILES string of the molecule is O=C1OC2CC1N(C(=O)Nc1ccc(Cl)cc1)C2. The van der Waals surface area contributed by atoms with E-state index >= 15 is 0 Å². The number of fused-ring (bicyclic) bond motifs is 2. The maximum absolute atomic E-state index is 12.0. The number of carbonyl (C=O) groups is 2. The molecular weight excluding hydrogens is 256 g/mol. The van der Waals surface area contributed by atoms with Gasteiger partial charge in [0.05, 0.1) is 6.54 Å². The van der Waals surface area contributed by atoms with Crippen molar-refractivity contribution in [2.24, 2.45) is 0 Å². The summed E-state index contributed by atoms with van der Waals surface area (Å²) in [5.74, 6) is -0.308. The fourth-order valence-corrected chi connectivity index (χ4v) is 2.43. The number of nitrogens with zero attached hydrogens (tertiary/aromatic N) is 1. The number of nitrogens with one attached hydrogen (secondary N) is 1. The molecule has 2 bridgehead atoms. The maximum atomic E-state index is 12.0. The zero-order valence-corrected chi connectivity index (χ0v) is 10.2. The number of halogens is 1. The summed E-state index contributed by atoms with van der Waals surface area (Å²) in [6.07, 6.45) is 0.464. The smallest absolute Gasteiger partial charge is 0.329 e. The quantitative estimate of drug-likeness (QED) is 0.790. The van der Waals surface area contributed by atoms with Gasteiger partial charge in [0.25, 0.3) is 0 Å². The van der Waals surface area contributed by atoms with Crippen LogP contribution in [-0.2, 0) is 9.53 Å². The van der Waals surface area contributed by atoms with E-state index in [0.717, 1.165) is 0 Å². The molecule has 5 nitrogen and oxygen atoms in total. The number of benzene rings is 1. The van der Waals surface area contributed by atoms with E-state index in [-0.39, 0.29) is 18.1 Å². The van der Waals surface area contributed by atoms with Crippen LogP contribution < -0.4 is 5.32 Å². The molecule has 18 heavy (non-hydrogen) atoms. The normalized spacial score (nSPS) is 25.2. The number of anilines is 1. The number of rotatable bonds is 1. The lowest BCUT2D eigenvalue weighted by Gasteiger charge is -2.25. The first-order valence-corrected chi connectivity index (χ1v) is 6.05. The summed E-state index contributed by atoms with van der Waals surface area (Å²) in [5, 5.41) is 3.35. The second-order valence-corrected chi connectivity index (χ2v) is 4.84. The van der Waals surface area contributed by atoms with Crippen LogP contribution in [0.1, 0.15) is 6.42 Å². The standard InChI is InChI=1S/C12H11ClN2O3/c13-7-1-3-8(4-2-7)14-12(17)15-6-9-5-10(15)11(16)18-9/h1-4,9-10H,5-6H2,(H,14,17). The molecule has 2 fully saturated rings. The van der Waals surface area contributed by atoms with Gasteiger partial charge >= 0.3 is 12.0 Å². The molecule has 2 atom stereocenters. The molecule has 0 radical (unpaired) electrons.